The Labute approximate surface area is 53.9 Å². The van der Waals surface area contributed by atoms with Gasteiger partial charge in [0.25, 0.3) is 0 Å². The summed E-state index contributed by atoms with van der Waals surface area (Å²) in [6.45, 7) is 0.946. The molecule has 7 heavy (non-hydrogen) atoms. The highest BCUT2D eigenvalue weighted by atomic mass is 32.1. The Balaban J connectivity index is 2.40. The van der Waals surface area contributed by atoms with Gasteiger partial charge in [-0.2, -0.15) is 12.6 Å². The van der Waals surface area contributed by atoms with Gasteiger partial charge in [0, 0.05) is 18.2 Å². The van der Waals surface area contributed by atoms with Gasteiger partial charge in [-0.05, 0) is 0 Å². The Bertz CT molecular complexity index is 91.7. The monoisotopic (exact) mass is 133 g/mol. The Morgan fingerprint density at radius 2 is 2.57 bits per heavy atom. The molecule has 1 aliphatic heterocycles. The zero-order valence-electron chi connectivity index (χ0n) is 3.85. The van der Waals surface area contributed by atoms with Gasteiger partial charge in [0.1, 0.15) is 0 Å². The van der Waals surface area contributed by atoms with Crippen molar-refractivity contribution in [1.29, 1.82) is 0 Å². The molecule has 0 unspecified atom stereocenters. The molecule has 1 saturated heterocycles. The van der Waals surface area contributed by atoms with E-state index in [4.69, 9.17) is 12.2 Å². The largest absolute Gasteiger partial charge is 0.379 e. The molecule has 0 aromatic carbocycles. The van der Waals surface area contributed by atoms with Crippen molar-refractivity contribution >= 4 is 29.8 Å². The molecule has 0 amide bonds. The van der Waals surface area contributed by atoms with Crippen LogP contribution in [0.4, 0.5) is 0 Å². The van der Waals surface area contributed by atoms with Crippen molar-refractivity contribution in [3.05, 3.63) is 0 Å². The lowest BCUT2D eigenvalue weighted by atomic mass is 10.4. The number of nitrogens with one attached hydrogen (secondary N) is 1. The Hall–Kier alpha value is 0.240. The summed E-state index contributed by atoms with van der Waals surface area (Å²) in [7, 11) is 0. The van der Waals surface area contributed by atoms with Gasteiger partial charge in [-0.1, -0.05) is 12.2 Å². The van der Waals surface area contributed by atoms with E-state index in [0.29, 0.717) is 5.25 Å². The predicted octanol–water partition coefficient (Wildman–Crippen LogP) is 0.606. The van der Waals surface area contributed by atoms with E-state index in [-0.39, 0.29) is 0 Å². The Kier molecular flexibility index (Phi) is 1.54. The van der Waals surface area contributed by atoms with Crippen LogP contribution in [0.1, 0.15) is 6.42 Å². The summed E-state index contributed by atoms with van der Waals surface area (Å²) in [5, 5.41) is 3.49. The second-order valence-electron chi connectivity index (χ2n) is 1.66. The first-order valence-electron chi connectivity index (χ1n) is 2.24. The van der Waals surface area contributed by atoms with Crippen molar-refractivity contribution in [1.82, 2.24) is 5.32 Å². The van der Waals surface area contributed by atoms with Gasteiger partial charge >= 0.3 is 0 Å². The topological polar surface area (TPSA) is 12.0 Å². The number of thiol groups is 1. The molecule has 1 N–H and O–H groups in total. The molecule has 40 valence electrons. The Morgan fingerprint density at radius 1 is 1.86 bits per heavy atom. The van der Waals surface area contributed by atoms with Crippen molar-refractivity contribution in [2.75, 3.05) is 6.54 Å². The zero-order chi connectivity index (χ0) is 5.28. The van der Waals surface area contributed by atoms with Crippen molar-refractivity contribution in [3.8, 4) is 0 Å². The van der Waals surface area contributed by atoms with Crippen LogP contribution in [0.3, 0.4) is 0 Å². The minimum atomic E-state index is 0.465. The number of thiocarbonyl (C=S) groups is 1. The highest BCUT2D eigenvalue weighted by molar-refractivity contribution is 7.82. The van der Waals surface area contributed by atoms with E-state index in [0.717, 1.165) is 18.0 Å². The average molecular weight is 133 g/mol. The normalized spacial score (nSPS) is 30.4. The third-order valence-electron chi connectivity index (χ3n) is 0.956. The summed E-state index contributed by atoms with van der Waals surface area (Å²) < 4.78 is 0. The van der Waals surface area contributed by atoms with E-state index in [1.165, 1.54) is 0 Å². The molecule has 0 aromatic heterocycles. The van der Waals surface area contributed by atoms with Crippen molar-refractivity contribution in [3.63, 3.8) is 0 Å². The quantitative estimate of drug-likeness (QED) is 0.371. The fourth-order valence-corrected chi connectivity index (χ4v) is 1.27. The molecule has 3 heteroatoms. The van der Waals surface area contributed by atoms with Crippen molar-refractivity contribution < 1.29 is 0 Å². The van der Waals surface area contributed by atoms with E-state index >= 15 is 0 Å². The van der Waals surface area contributed by atoms with Gasteiger partial charge in [0.15, 0.2) is 0 Å². The summed E-state index contributed by atoms with van der Waals surface area (Å²) in [6, 6.07) is 0. The maximum Gasteiger partial charge on any atom is 0.0765 e. The summed E-state index contributed by atoms with van der Waals surface area (Å²) in [5.41, 5.74) is 0. The van der Waals surface area contributed by atoms with Gasteiger partial charge in [-0.25, -0.2) is 0 Å². The van der Waals surface area contributed by atoms with E-state index in [1.807, 2.05) is 0 Å². The van der Waals surface area contributed by atoms with Gasteiger partial charge in [-0.15, -0.1) is 0 Å². The molecule has 1 rings (SSSR count). The lowest BCUT2D eigenvalue weighted by Crippen LogP contribution is -2.12. The maximum absolute atomic E-state index is 4.84. The van der Waals surface area contributed by atoms with Crippen LogP contribution in [-0.2, 0) is 0 Å². The second kappa shape index (κ2) is 2.01. The van der Waals surface area contributed by atoms with Crippen LogP contribution in [0.15, 0.2) is 0 Å². The minimum Gasteiger partial charge on any atom is -0.379 e. The molecule has 1 aliphatic rings. The number of hydrogen-bond donors (Lipinski definition) is 2. The van der Waals surface area contributed by atoms with Crippen LogP contribution in [0.25, 0.3) is 0 Å². The third-order valence-corrected chi connectivity index (χ3v) is 1.63. The number of rotatable bonds is 0. The van der Waals surface area contributed by atoms with E-state index in [9.17, 15) is 0 Å². The molecule has 0 aliphatic carbocycles. The fraction of sp³-hybridized carbons (Fsp3) is 0.750. The van der Waals surface area contributed by atoms with Crippen LogP contribution in [0.2, 0.25) is 0 Å². The molecule has 0 radical (unpaired) electrons. The Morgan fingerprint density at radius 3 is 2.71 bits per heavy atom. The smallest absolute Gasteiger partial charge is 0.0765 e. The lowest BCUT2D eigenvalue weighted by molar-refractivity contribution is 0.937. The minimum absolute atomic E-state index is 0.465. The molecule has 0 saturated carbocycles. The van der Waals surface area contributed by atoms with E-state index in [2.05, 4.69) is 17.9 Å². The molecule has 0 aromatic rings. The van der Waals surface area contributed by atoms with Gasteiger partial charge in [0.2, 0.25) is 0 Å². The van der Waals surface area contributed by atoms with E-state index < -0.39 is 0 Å². The third kappa shape index (κ3) is 1.31. The van der Waals surface area contributed by atoms with Gasteiger partial charge < -0.3 is 5.32 Å². The molecule has 1 fully saturated rings. The standard InChI is InChI=1S/C4H7NS2/c6-3-1-4(7)5-2-3/h3,6H,1-2H2,(H,5,7)/t3-/m1/s1. The van der Waals surface area contributed by atoms with Gasteiger partial charge in [-0.3, -0.25) is 0 Å². The first-order chi connectivity index (χ1) is 3.29. The predicted molar refractivity (Wildman–Crippen MR) is 38.0 cm³/mol. The van der Waals surface area contributed by atoms with Crippen LogP contribution < -0.4 is 5.32 Å². The average Bonchev–Trinajstić information content (AvgIpc) is 1.87. The van der Waals surface area contributed by atoms with Crippen LogP contribution >= 0.6 is 24.8 Å². The fourth-order valence-electron chi connectivity index (χ4n) is 0.590. The van der Waals surface area contributed by atoms with Crippen LogP contribution in [0, 0.1) is 0 Å². The lowest BCUT2D eigenvalue weighted by Gasteiger charge is -1.89. The highest BCUT2D eigenvalue weighted by Gasteiger charge is 2.12. The van der Waals surface area contributed by atoms with E-state index in [1.54, 1.807) is 0 Å². The first-order valence-corrected chi connectivity index (χ1v) is 3.16. The van der Waals surface area contributed by atoms with Gasteiger partial charge in [0.05, 0.1) is 4.99 Å². The first kappa shape index (κ1) is 5.38. The number of hydrogen-bond acceptors (Lipinski definition) is 2. The molecule has 1 heterocycles. The SMILES string of the molecule is S=C1C[C@@H](S)CN1. The molecular weight excluding hydrogens is 126 g/mol. The molecule has 1 atom stereocenters. The van der Waals surface area contributed by atoms with Crippen molar-refractivity contribution in [2.24, 2.45) is 0 Å². The molecular formula is C4H7NS2. The van der Waals surface area contributed by atoms with Crippen LogP contribution in [-0.4, -0.2) is 16.8 Å². The molecule has 0 spiro atoms. The summed E-state index contributed by atoms with van der Waals surface area (Å²) >= 11 is 9.04. The zero-order valence-corrected chi connectivity index (χ0v) is 5.56. The molecule has 1 nitrogen and oxygen atoms in total. The molecule has 0 bridgehead atoms. The summed E-state index contributed by atoms with van der Waals surface area (Å²) in [6.07, 6.45) is 0.957. The van der Waals surface area contributed by atoms with Crippen LogP contribution in [0.5, 0.6) is 0 Å². The van der Waals surface area contributed by atoms with Crippen molar-refractivity contribution in [2.45, 2.75) is 11.7 Å². The summed E-state index contributed by atoms with van der Waals surface area (Å²) in [5.74, 6) is 0. The maximum atomic E-state index is 4.84. The summed E-state index contributed by atoms with van der Waals surface area (Å²) in [4.78, 5) is 0.958. The highest BCUT2D eigenvalue weighted by Crippen LogP contribution is 2.06. The second-order valence-corrected chi connectivity index (χ2v) is 2.89.